The zero-order chi connectivity index (χ0) is 21.5. The summed E-state index contributed by atoms with van der Waals surface area (Å²) in [6, 6.07) is 9.86. The summed E-state index contributed by atoms with van der Waals surface area (Å²) in [6.45, 7) is 6.71. The number of morpholine rings is 1. The van der Waals surface area contributed by atoms with Crippen molar-refractivity contribution in [3.05, 3.63) is 52.5 Å². The fourth-order valence-corrected chi connectivity index (χ4v) is 4.72. The number of methoxy groups -OCH3 is 1. The number of nitrogens with two attached hydrogens (primary N) is 1. The third kappa shape index (κ3) is 3.47. The van der Waals surface area contributed by atoms with E-state index < -0.39 is 5.92 Å². The molecule has 3 aliphatic rings. The van der Waals surface area contributed by atoms with Crippen molar-refractivity contribution < 1.29 is 14.3 Å². The van der Waals surface area contributed by atoms with Crippen LogP contribution in [-0.4, -0.2) is 49.2 Å². The molecule has 0 amide bonds. The molecule has 7 nitrogen and oxygen atoms in total. The molecular formula is C23H28N4O3. The van der Waals surface area contributed by atoms with Gasteiger partial charge in [0.05, 0.1) is 37.9 Å². The Hall–Kier alpha value is -2.82. The van der Waals surface area contributed by atoms with E-state index in [1.165, 1.54) is 0 Å². The monoisotopic (exact) mass is 408 g/mol. The van der Waals surface area contributed by atoms with Crippen LogP contribution in [0, 0.1) is 16.7 Å². The summed E-state index contributed by atoms with van der Waals surface area (Å²) in [5, 5.41) is 14.1. The average molecular weight is 409 g/mol. The second-order valence-corrected chi connectivity index (χ2v) is 8.80. The Bertz CT molecular complexity index is 967. The van der Waals surface area contributed by atoms with E-state index in [9.17, 15) is 10.1 Å². The predicted octanol–water partition coefficient (Wildman–Crippen LogP) is 2.68. The fourth-order valence-electron chi connectivity index (χ4n) is 4.72. The maximum Gasteiger partial charge on any atom is 0.162 e. The molecule has 0 saturated carbocycles. The third-order valence-electron chi connectivity index (χ3n) is 6.05. The zero-order valence-corrected chi connectivity index (χ0v) is 17.8. The Balaban J connectivity index is 1.92. The highest BCUT2D eigenvalue weighted by atomic mass is 16.5. The molecular weight excluding hydrogens is 380 g/mol. The lowest BCUT2D eigenvalue weighted by molar-refractivity contribution is -0.119. The molecule has 1 aromatic rings. The van der Waals surface area contributed by atoms with Gasteiger partial charge in [-0.2, -0.15) is 5.26 Å². The molecule has 1 fully saturated rings. The maximum absolute atomic E-state index is 13.4. The number of allylic oxidation sites excluding steroid dienone is 3. The van der Waals surface area contributed by atoms with Crippen LogP contribution in [0.25, 0.3) is 0 Å². The van der Waals surface area contributed by atoms with Crippen LogP contribution in [0.1, 0.15) is 38.2 Å². The van der Waals surface area contributed by atoms with Gasteiger partial charge in [-0.1, -0.05) is 26.0 Å². The molecule has 0 spiro atoms. The normalized spacial score (nSPS) is 24.5. The van der Waals surface area contributed by atoms with Crippen molar-refractivity contribution in [3.8, 4) is 11.8 Å². The van der Waals surface area contributed by atoms with E-state index >= 15 is 0 Å². The van der Waals surface area contributed by atoms with Crippen molar-refractivity contribution in [2.75, 3.05) is 33.4 Å². The molecule has 2 aliphatic heterocycles. The summed E-state index contributed by atoms with van der Waals surface area (Å²) in [6.07, 6.45) is 1.16. The minimum atomic E-state index is -0.485. The third-order valence-corrected chi connectivity index (χ3v) is 6.05. The molecule has 2 N–H and O–H groups in total. The van der Waals surface area contributed by atoms with Crippen molar-refractivity contribution in [1.82, 2.24) is 10.0 Å². The van der Waals surface area contributed by atoms with E-state index in [2.05, 4.69) is 24.9 Å². The van der Waals surface area contributed by atoms with Gasteiger partial charge < -0.3 is 15.2 Å². The molecule has 1 aromatic carbocycles. The summed E-state index contributed by atoms with van der Waals surface area (Å²) in [7, 11) is 1.61. The van der Waals surface area contributed by atoms with Crippen LogP contribution in [0.4, 0.5) is 0 Å². The minimum absolute atomic E-state index is 0.0765. The molecule has 30 heavy (non-hydrogen) atoms. The van der Waals surface area contributed by atoms with Gasteiger partial charge in [-0.3, -0.25) is 9.80 Å². The Morgan fingerprint density at radius 3 is 2.67 bits per heavy atom. The standard InChI is InChI=1S/C23H28N4O3/c1-23(2)12-18-21(19(28)13-23)20(15-5-4-6-16(11-15)29-3)17(14-24)22(25)27(18)26-7-9-30-10-8-26/h4-6,11,20H,7-10,12-13,25H2,1-3H3. The van der Waals surface area contributed by atoms with Crippen LogP contribution in [0.3, 0.4) is 0 Å². The predicted molar refractivity (Wildman–Crippen MR) is 112 cm³/mol. The van der Waals surface area contributed by atoms with Crippen LogP contribution in [0.15, 0.2) is 46.9 Å². The molecule has 0 radical (unpaired) electrons. The smallest absolute Gasteiger partial charge is 0.162 e. The maximum atomic E-state index is 13.4. The van der Waals surface area contributed by atoms with Crippen molar-refractivity contribution in [3.63, 3.8) is 0 Å². The molecule has 0 aromatic heterocycles. The van der Waals surface area contributed by atoms with Gasteiger partial charge in [-0.15, -0.1) is 0 Å². The molecule has 158 valence electrons. The van der Waals surface area contributed by atoms with Crippen molar-refractivity contribution in [2.24, 2.45) is 11.1 Å². The lowest BCUT2D eigenvalue weighted by Crippen LogP contribution is -2.53. The topological polar surface area (TPSA) is 91.8 Å². The van der Waals surface area contributed by atoms with Crippen LogP contribution >= 0.6 is 0 Å². The zero-order valence-electron chi connectivity index (χ0n) is 17.8. The number of hydrazine groups is 1. The van der Waals surface area contributed by atoms with E-state index in [4.69, 9.17) is 15.2 Å². The van der Waals surface area contributed by atoms with E-state index in [0.717, 1.165) is 11.3 Å². The number of benzene rings is 1. The van der Waals surface area contributed by atoms with Crippen molar-refractivity contribution in [1.29, 1.82) is 5.26 Å². The second-order valence-electron chi connectivity index (χ2n) is 8.80. The molecule has 2 heterocycles. The number of carbonyl (C=O) groups is 1. The summed E-state index contributed by atoms with van der Waals surface area (Å²) in [5.41, 5.74) is 9.28. The molecule has 1 unspecified atom stereocenters. The van der Waals surface area contributed by atoms with Gasteiger partial charge >= 0.3 is 0 Å². The lowest BCUT2D eigenvalue weighted by Gasteiger charge is -2.48. The highest BCUT2D eigenvalue weighted by Crippen LogP contribution is 2.49. The van der Waals surface area contributed by atoms with Gasteiger partial charge in [0.1, 0.15) is 11.6 Å². The van der Waals surface area contributed by atoms with Gasteiger partial charge in [-0.05, 0) is 29.5 Å². The first kappa shape index (κ1) is 20.5. The van der Waals surface area contributed by atoms with Gasteiger partial charge in [-0.25, -0.2) is 5.01 Å². The highest BCUT2D eigenvalue weighted by Gasteiger charge is 2.45. The van der Waals surface area contributed by atoms with E-state index in [1.807, 2.05) is 29.3 Å². The second kappa shape index (κ2) is 7.78. The first-order chi connectivity index (χ1) is 14.4. The fraction of sp³-hybridized carbons (Fsp3) is 0.478. The van der Waals surface area contributed by atoms with Crippen molar-refractivity contribution >= 4 is 5.78 Å². The van der Waals surface area contributed by atoms with Gasteiger partial charge in [0, 0.05) is 30.8 Å². The Morgan fingerprint density at radius 1 is 1.27 bits per heavy atom. The Kier molecular flexibility index (Phi) is 5.31. The lowest BCUT2D eigenvalue weighted by atomic mass is 9.69. The van der Waals surface area contributed by atoms with E-state index in [0.29, 0.717) is 61.9 Å². The Morgan fingerprint density at radius 2 is 2.00 bits per heavy atom. The molecule has 7 heteroatoms. The molecule has 1 atom stereocenters. The van der Waals surface area contributed by atoms with Crippen LogP contribution < -0.4 is 10.5 Å². The number of nitrogens with zero attached hydrogens (tertiary/aromatic N) is 3. The first-order valence-electron chi connectivity index (χ1n) is 10.3. The van der Waals surface area contributed by atoms with Crippen LogP contribution in [0.5, 0.6) is 5.75 Å². The average Bonchev–Trinajstić information content (AvgIpc) is 2.72. The van der Waals surface area contributed by atoms with Gasteiger partial charge in [0.2, 0.25) is 0 Å². The Labute approximate surface area is 177 Å². The number of Topliss-reactive ketones (excluding diaryl/α,β-unsaturated/α-hetero) is 1. The SMILES string of the molecule is COc1cccc(C2C(C#N)=C(N)N(N3CCOCC3)C3=C2C(=O)CC(C)(C)C3)c1. The first-order valence-corrected chi connectivity index (χ1v) is 10.3. The highest BCUT2D eigenvalue weighted by molar-refractivity contribution is 6.00. The molecule has 1 aliphatic carbocycles. The van der Waals surface area contributed by atoms with E-state index in [-0.39, 0.29) is 11.2 Å². The summed E-state index contributed by atoms with van der Waals surface area (Å²) >= 11 is 0. The number of hydrogen-bond donors (Lipinski definition) is 1. The van der Waals surface area contributed by atoms with Gasteiger partial charge in [0.25, 0.3) is 0 Å². The number of rotatable bonds is 3. The van der Waals surface area contributed by atoms with Crippen LogP contribution in [0.2, 0.25) is 0 Å². The van der Waals surface area contributed by atoms with Crippen LogP contribution in [-0.2, 0) is 9.53 Å². The van der Waals surface area contributed by atoms with Crippen molar-refractivity contribution in [2.45, 2.75) is 32.6 Å². The number of carbonyl (C=O) groups excluding carboxylic acids is 1. The molecule has 4 rings (SSSR count). The number of nitriles is 1. The summed E-state index contributed by atoms with van der Waals surface area (Å²) in [4.78, 5) is 13.4. The summed E-state index contributed by atoms with van der Waals surface area (Å²) in [5.74, 6) is 0.676. The number of ether oxygens (including phenoxy) is 2. The summed E-state index contributed by atoms with van der Waals surface area (Å²) < 4.78 is 10.9. The number of hydrogen-bond acceptors (Lipinski definition) is 7. The largest absolute Gasteiger partial charge is 0.497 e. The molecule has 0 bridgehead atoms. The van der Waals surface area contributed by atoms with E-state index in [1.54, 1.807) is 7.11 Å². The number of ketones is 1. The quantitative estimate of drug-likeness (QED) is 0.822. The minimum Gasteiger partial charge on any atom is -0.497 e. The van der Waals surface area contributed by atoms with Gasteiger partial charge in [0.15, 0.2) is 5.78 Å². The molecule has 1 saturated heterocycles.